The van der Waals surface area contributed by atoms with Crippen molar-refractivity contribution in [2.75, 3.05) is 0 Å². The highest BCUT2D eigenvalue weighted by Gasteiger charge is 2.57. The molecule has 4 saturated carbocycles. The molecule has 0 heterocycles. The molecule has 7 heteroatoms. The third kappa shape index (κ3) is 2.72. The molecule has 0 aromatic carbocycles. The Morgan fingerprint density at radius 3 is 2.48 bits per heavy atom. The van der Waals surface area contributed by atoms with Gasteiger partial charge in [0.1, 0.15) is 16.1 Å². The van der Waals surface area contributed by atoms with E-state index in [1.807, 2.05) is 0 Å². The molecule has 2 unspecified atom stereocenters. The van der Waals surface area contributed by atoms with Gasteiger partial charge in [0.05, 0.1) is 12.0 Å². The Morgan fingerprint density at radius 2 is 1.90 bits per heavy atom. The third-order valence-corrected chi connectivity index (χ3v) is 5.72. The van der Waals surface area contributed by atoms with Crippen molar-refractivity contribution in [3.8, 4) is 0 Å². The molecule has 0 aromatic heterocycles. The van der Waals surface area contributed by atoms with Crippen LogP contribution in [0.25, 0.3) is 0 Å². The van der Waals surface area contributed by atoms with Gasteiger partial charge in [-0.15, -0.1) is 4.33 Å². The number of ether oxygens (including phenoxy) is 1. The minimum atomic E-state index is -0.990. The molecule has 21 heavy (non-hydrogen) atoms. The Morgan fingerprint density at radius 1 is 1.29 bits per heavy atom. The van der Waals surface area contributed by atoms with E-state index in [1.54, 1.807) is 13.8 Å². The maximum atomic E-state index is 12.4. The number of hydrogen-bond donors (Lipinski definition) is 1. The predicted octanol–water partition coefficient (Wildman–Crippen LogP) is 2.53. The molecule has 0 radical (unpaired) electrons. The van der Waals surface area contributed by atoms with Crippen LogP contribution in [0.1, 0.15) is 46.0 Å². The number of ketones is 1. The molecule has 4 rings (SSSR count). The van der Waals surface area contributed by atoms with Crippen molar-refractivity contribution in [2.45, 2.75) is 56.3 Å². The summed E-state index contributed by atoms with van der Waals surface area (Å²) in [6.45, 7) is 3.29. The molecule has 1 N–H and O–H groups in total. The van der Waals surface area contributed by atoms with Gasteiger partial charge in [0, 0.05) is 11.8 Å². The van der Waals surface area contributed by atoms with Gasteiger partial charge in [0.15, 0.2) is 0 Å². The zero-order valence-electron chi connectivity index (χ0n) is 12.2. The Balaban J connectivity index is 1.70. The maximum absolute atomic E-state index is 12.4. The number of carbonyl (C=O) groups is 2. The number of rotatable bonds is 5. The highest BCUT2D eigenvalue weighted by Crippen LogP contribution is 2.56. The zero-order chi connectivity index (χ0) is 15.3. The van der Waals surface area contributed by atoms with Gasteiger partial charge in [0.25, 0.3) is 0 Å². The molecule has 0 spiro atoms. The van der Waals surface area contributed by atoms with Crippen molar-refractivity contribution < 1.29 is 29.0 Å². The lowest BCUT2D eigenvalue weighted by Gasteiger charge is -2.54. The van der Waals surface area contributed by atoms with Crippen LogP contribution in [0, 0.1) is 17.8 Å². The van der Waals surface area contributed by atoms with Crippen LogP contribution in [0.15, 0.2) is 0 Å². The summed E-state index contributed by atoms with van der Waals surface area (Å²) >= 11 is 0.702. The third-order valence-electron chi connectivity index (χ3n) is 5.01. The second-order valence-corrected chi connectivity index (χ2v) is 8.38. The molecule has 4 bridgehead atoms. The number of hydrogen-bond acceptors (Lipinski definition) is 7. The summed E-state index contributed by atoms with van der Waals surface area (Å²) in [6.07, 6.45) is 4.07. The summed E-state index contributed by atoms with van der Waals surface area (Å²) in [5, 5.41) is 11.8. The van der Waals surface area contributed by atoms with E-state index in [0.717, 1.165) is 19.3 Å². The lowest BCUT2D eigenvalue weighted by atomic mass is 9.53. The van der Waals surface area contributed by atoms with E-state index in [4.69, 9.17) is 9.99 Å². The van der Waals surface area contributed by atoms with Crippen molar-refractivity contribution in [2.24, 2.45) is 17.8 Å². The Labute approximate surface area is 127 Å². The molecule has 4 aliphatic carbocycles. The van der Waals surface area contributed by atoms with Gasteiger partial charge in [-0.05, 0) is 51.9 Å². The van der Waals surface area contributed by atoms with Gasteiger partial charge in [0.2, 0.25) is 0 Å². The van der Waals surface area contributed by atoms with Crippen LogP contribution in [0.4, 0.5) is 0 Å². The van der Waals surface area contributed by atoms with Crippen LogP contribution in [0.3, 0.4) is 0 Å². The van der Waals surface area contributed by atoms with E-state index in [2.05, 4.69) is 9.37 Å². The second-order valence-electron chi connectivity index (χ2n) is 7.05. The van der Waals surface area contributed by atoms with Crippen molar-refractivity contribution in [1.82, 2.24) is 0 Å². The predicted molar refractivity (Wildman–Crippen MR) is 73.9 cm³/mol. The molecule has 4 aliphatic rings. The van der Waals surface area contributed by atoms with E-state index in [9.17, 15) is 9.59 Å². The first kappa shape index (κ1) is 15.3. The highest BCUT2D eigenvalue weighted by atomic mass is 32.2. The quantitative estimate of drug-likeness (QED) is 0.361. The van der Waals surface area contributed by atoms with Crippen LogP contribution in [-0.2, 0) is 23.7 Å². The molecule has 0 aromatic rings. The van der Waals surface area contributed by atoms with Crippen molar-refractivity contribution in [1.29, 1.82) is 0 Å². The molecular formula is C14H20O6S. The summed E-state index contributed by atoms with van der Waals surface area (Å²) in [7, 11) is 0. The zero-order valence-corrected chi connectivity index (χ0v) is 13.0. The second kappa shape index (κ2) is 5.22. The fourth-order valence-electron chi connectivity index (χ4n) is 4.25. The SMILES string of the molecule is CC(C)(SOOO)C(=O)OC12CC3CC(C1)C(=O)C(C3)C2. The lowest BCUT2D eigenvalue weighted by molar-refractivity contribution is -0.432. The van der Waals surface area contributed by atoms with E-state index in [-0.39, 0.29) is 11.8 Å². The highest BCUT2D eigenvalue weighted by molar-refractivity contribution is 7.96. The number of Topliss-reactive ketones (excluding diaryl/α,β-unsaturated/α-hetero) is 1. The summed E-state index contributed by atoms with van der Waals surface area (Å²) < 4.78 is 9.22. The summed E-state index contributed by atoms with van der Waals surface area (Å²) in [5.74, 6) is 0.594. The average molecular weight is 316 g/mol. The Bertz CT molecular complexity index is 444. The van der Waals surface area contributed by atoms with E-state index >= 15 is 0 Å². The maximum Gasteiger partial charge on any atom is 0.324 e. The number of carbonyl (C=O) groups excluding carboxylic acids is 2. The Kier molecular flexibility index (Phi) is 3.80. The van der Waals surface area contributed by atoms with E-state index in [0.29, 0.717) is 36.6 Å². The van der Waals surface area contributed by atoms with Gasteiger partial charge in [-0.25, -0.2) is 5.26 Å². The fraction of sp³-hybridized carbons (Fsp3) is 0.857. The van der Waals surface area contributed by atoms with Crippen LogP contribution in [0.2, 0.25) is 0 Å². The lowest BCUT2D eigenvalue weighted by Crippen LogP contribution is -2.57. The first-order chi connectivity index (χ1) is 9.85. The standard InChI is InChI=1S/C14H20O6S/c1-13(2,21-20-19-17)12(16)18-14-5-8-3-9(6-14)11(15)10(4-8)7-14/h8-10,17H,3-7H2,1-2H3. The van der Waals surface area contributed by atoms with Crippen LogP contribution < -0.4 is 0 Å². The van der Waals surface area contributed by atoms with Gasteiger partial charge < -0.3 is 4.74 Å². The molecule has 2 atom stereocenters. The molecule has 0 saturated heterocycles. The molecule has 4 fully saturated rings. The van der Waals surface area contributed by atoms with Crippen LogP contribution in [0.5, 0.6) is 0 Å². The molecule has 118 valence electrons. The van der Waals surface area contributed by atoms with Gasteiger partial charge in [-0.3, -0.25) is 9.59 Å². The largest absolute Gasteiger partial charge is 0.458 e. The van der Waals surface area contributed by atoms with Gasteiger partial charge in [-0.2, -0.15) is 0 Å². The van der Waals surface area contributed by atoms with Crippen molar-refractivity contribution in [3.63, 3.8) is 0 Å². The molecule has 0 aliphatic heterocycles. The van der Waals surface area contributed by atoms with Crippen molar-refractivity contribution >= 4 is 23.8 Å². The smallest absolute Gasteiger partial charge is 0.324 e. The minimum Gasteiger partial charge on any atom is -0.458 e. The fourth-order valence-corrected chi connectivity index (χ4v) is 4.56. The number of esters is 1. The van der Waals surface area contributed by atoms with E-state index in [1.165, 1.54) is 0 Å². The normalized spacial score (nSPS) is 37.9. The molecule has 6 nitrogen and oxygen atoms in total. The first-order valence-corrected chi connectivity index (χ1v) is 8.02. The monoisotopic (exact) mass is 316 g/mol. The van der Waals surface area contributed by atoms with E-state index < -0.39 is 16.3 Å². The van der Waals surface area contributed by atoms with Crippen LogP contribution in [-0.4, -0.2) is 27.4 Å². The minimum absolute atomic E-state index is 0.0665. The van der Waals surface area contributed by atoms with Crippen molar-refractivity contribution in [3.05, 3.63) is 0 Å². The summed E-state index contributed by atoms with van der Waals surface area (Å²) in [4.78, 5) is 24.5. The van der Waals surface area contributed by atoms with Gasteiger partial charge >= 0.3 is 5.97 Å². The summed E-state index contributed by atoms with van der Waals surface area (Å²) in [5.41, 5.74) is -0.487. The first-order valence-electron chi connectivity index (χ1n) is 7.28. The topological polar surface area (TPSA) is 82.1 Å². The van der Waals surface area contributed by atoms with Gasteiger partial charge in [-0.1, -0.05) is 5.04 Å². The molecular weight excluding hydrogens is 296 g/mol. The average Bonchev–Trinajstić information content (AvgIpc) is 2.41. The molecule has 0 amide bonds. The summed E-state index contributed by atoms with van der Waals surface area (Å²) in [6, 6.07) is 0. The Hall–Kier alpha value is -0.630. The van der Waals surface area contributed by atoms with Crippen LogP contribution >= 0.6 is 12.0 Å².